The van der Waals surface area contributed by atoms with Crippen molar-refractivity contribution in [2.75, 3.05) is 18.0 Å². The molecule has 0 aliphatic heterocycles. The Morgan fingerprint density at radius 2 is 1.80 bits per heavy atom. The van der Waals surface area contributed by atoms with Crippen molar-refractivity contribution in [3.05, 3.63) is 64.5 Å². The van der Waals surface area contributed by atoms with Gasteiger partial charge in [-0.15, -0.1) is 0 Å². The molecular formula is C20H19NO4. The number of ether oxygens (including phenoxy) is 1. The standard InChI is InChI=1S/C20H19NO4/c1-3-21(4-2)15-11-18(24-16-8-6-5-7-9-16)17-10-14(13-22)20(23)25-19(17)12-15/h5-13H,3-4H2,1-2H3. The van der Waals surface area contributed by atoms with Crippen LogP contribution in [0.2, 0.25) is 0 Å². The van der Waals surface area contributed by atoms with E-state index >= 15 is 0 Å². The van der Waals surface area contributed by atoms with Crippen LogP contribution in [0.4, 0.5) is 5.69 Å². The van der Waals surface area contributed by atoms with Crippen LogP contribution in [0.5, 0.6) is 11.5 Å². The molecule has 5 nitrogen and oxygen atoms in total. The summed E-state index contributed by atoms with van der Waals surface area (Å²) in [6.07, 6.45) is 0.496. The SMILES string of the molecule is CCN(CC)c1cc(Oc2ccccc2)c2cc(C=O)c(=O)oc2c1. The topological polar surface area (TPSA) is 59.8 Å². The molecule has 128 valence electrons. The van der Waals surface area contributed by atoms with Crippen LogP contribution in [0.1, 0.15) is 24.2 Å². The first-order valence-corrected chi connectivity index (χ1v) is 8.21. The molecule has 1 aromatic heterocycles. The van der Waals surface area contributed by atoms with Crippen LogP contribution in [-0.4, -0.2) is 19.4 Å². The Morgan fingerprint density at radius 1 is 1.08 bits per heavy atom. The summed E-state index contributed by atoms with van der Waals surface area (Å²) in [6, 6.07) is 14.6. The molecular weight excluding hydrogens is 318 g/mol. The number of fused-ring (bicyclic) bond motifs is 1. The molecule has 0 bridgehead atoms. The average Bonchev–Trinajstić information content (AvgIpc) is 2.63. The molecule has 0 N–H and O–H groups in total. The predicted octanol–water partition coefficient (Wildman–Crippen LogP) is 4.24. The third kappa shape index (κ3) is 3.40. The second kappa shape index (κ2) is 7.21. The molecule has 0 saturated carbocycles. The van der Waals surface area contributed by atoms with Crippen molar-refractivity contribution in [1.29, 1.82) is 0 Å². The first-order valence-electron chi connectivity index (χ1n) is 8.21. The van der Waals surface area contributed by atoms with E-state index in [1.165, 1.54) is 6.07 Å². The summed E-state index contributed by atoms with van der Waals surface area (Å²) in [5, 5.41) is 0.585. The Morgan fingerprint density at radius 3 is 2.44 bits per heavy atom. The Bertz CT molecular complexity index is 943. The number of benzene rings is 2. The van der Waals surface area contributed by atoms with Gasteiger partial charge in [-0.05, 0) is 32.0 Å². The van der Waals surface area contributed by atoms with Gasteiger partial charge in [0, 0.05) is 30.9 Å². The fraction of sp³-hybridized carbons (Fsp3) is 0.200. The molecule has 0 saturated heterocycles. The quantitative estimate of drug-likeness (QED) is 0.497. The van der Waals surface area contributed by atoms with E-state index in [1.54, 1.807) is 6.07 Å². The highest BCUT2D eigenvalue weighted by Crippen LogP contribution is 2.34. The number of rotatable bonds is 6. The van der Waals surface area contributed by atoms with Gasteiger partial charge in [-0.25, -0.2) is 4.79 Å². The lowest BCUT2D eigenvalue weighted by Crippen LogP contribution is -2.21. The van der Waals surface area contributed by atoms with Crippen LogP contribution < -0.4 is 15.3 Å². The first kappa shape index (κ1) is 16.8. The van der Waals surface area contributed by atoms with Crippen molar-refractivity contribution >= 4 is 22.9 Å². The Balaban J connectivity index is 2.22. The van der Waals surface area contributed by atoms with Crippen molar-refractivity contribution in [2.45, 2.75) is 13.8 Å². The first-order chi connectivity index (χ1) is 12.2. The lowest BCUT2D eigenvalue weighted by atomic mass is 10.1. The van der Waals surface area contributed by atoms with Crippen LogP contribution in [0, 0.1) is 0 Å². The highest BCUT2D eigenvalue weighted by Gasteiger charge is 2.14. The van der Waals surface area contributed by atoms with Crippen LogP contribution in [0.15, 0.2) is 57.7 Å². The molecule has 0 atom stereocenters. The third-order valence-electron chi connectivity index (χ3n) is 4.05. The molecule has 0 spiro atoms. The van der Waals surface area contributed by atoms with Gasteiger partial charge in [0.2, 0.25) is 0 Å². The zero-order valence-corrected chi connectivity index (χ0v) is 14.2. The molecule has 0 unspecified atom stereocenters. The van der Waals surface area contributed by atoms with Gasteiger partial charge in [-0.2, -0.15) is 0 Å². The second-order valence-electron chi connectivity index (χ2n) is 5.55. The van der Waals surface area contributed by atoms with Crippen LogP contribution in [-0.2, 0) is 0 Å². The summed E-state index contributed by atoms with van der Waals surface area (Å²) in [5.74, 6) is 1.21. The number of aldehydes is 1. The van der Waals surface area contributed by atoms with Crippen LogP contribution in [0.3, 0.4) is 0 Å². The molecule has 2 aromatic carbocycles. The van der Waals surface area contributed by atoms with Gasteiger partial charge in [0.05, 0.1) is 5.39 Å². The molecule has 5 heteroatoms. The van der Waals surface area contributed by atoms with Crippen molar-refractivity contribution in [1.82, 2.24) is 0 Å². The van der Waals surface area contributed by atoms with E-state index in [0.29, 0.717) is 28.8 Å². The predicted molar refractivity (Wildman–Crippen MR) is 97.9 cm³/mol. The van der Waals surface area contributed by atoms with Gasteiger partial charge in [0.15, 0.2) is 6.29 Å². The maximum absolute atomic E-state index is 11.9. The number of nitrogens with zero attached hydrogens (tertiary/aromatic N) is 1. The van der Waals surface area contributed by atoms with Gasteiger partial charge < -0.3 is 14.1 Å². The van der Waals surface area contributed by atoms with E-state index in [2.05, 4.69) is 18.7 Å². The number of carbonyl (C=O) groups is 1. The van der Waals surface area contributed by atoms with Gasteiger partial charge >= 0.3 is 5.63 Å². The van der Waals surface area contributed by atoms with E-state index in [9.17, 15) is 9.59 Å². The fourth-order valence-corrected chi connectivity index (χ4v) is 2.74. The largest absolute Gasteiger partial charge is 0.457 e. The molecule has 25 heavy (non-hydrogen) atoms. The molecule has 0 aliphatic rings. The lowest BCUT2D eigenvalue weighted by molar-refractivity contribution is 0.112. The molecule has 3 rings (SSSR count). The zero-order valence-electron chi connectivity index (χ0n) is 14.2. The minimum absolute atomic E-state index is 0.0269. The number of anilines is 1. The van der Waals surface area contributed by atoms with E-state index in [4.69, 9.17) is 9.15 Å². The summed E-state index contributed by atoms with van der Waals surface area (Å²) in [4.78, 5) is 25.1. The summed E-state index contributed by atoms with van der Waals surface area (Å²) in [6.45, 7) is 5.72. The third-order valence-corrected chi connectivity index (χ3v) is 4.05. The van der Waals surface area contributed by atoms with Gasteiger partial charge in [0.1, 0.15) is 22.6 Å². The van der Waals surface area contributed by atoms with Gasteiger partial charge in [0.25, 0.3) is 0 Å². The molecule has 1 heterocycles. The lowest BCUT2D eigenvalue weighted by Gasteiger charge is -2.22. The summed E-state index contributed by atoms with van der Waals surface area (Å²) >= 11 is 0. The number of hydrogen-bond acceptors (Lipinski definition) is 5. The number of hydrogen-bond donors (Lipinski definition) is 0. The summed E-state index contributed by atoms with van der Waals surface area (Å²) in [5.41, 5.74) is 0.613. The minimum Gasteiger partial charge on any atom is -0.457 e. The van der Waals surface area contributed by atoms with Gasteiger partial charge in [-0.1, -0.05) is 18.2 Å². The van der Waals surface area contributed by atoms with E-state index in [-0.39, 0.29) is 5.56 Å². The molecule has 0 amide bonds. The van der Waals surface area contributed by atoms with Crippen LogP contribution in [0.25, 0.3) is 11.0 Å². The molecule has 3 aromatic rings. The highest BCUT2D eigenvalue weighted by atomic mass is 16.5. The molecule has 0 radical (unpaired) electrons. The van der Waals surface area contributed by atoms with Crippen molar-refractivity contribution in [3.8, 4) is 11.5 Å². The normalized spacial score (nSPS) is 10.6. The van der Waals surface area contributed by atoms with E-state index < -0.39 is 5.63 Å². The number of para-hydroxylation sites is 1. The molecule has 0 aliphatic carbocycles. The minimum atomic E-state index is -0.648. The molecule has 0 fully saturated rings. The Hall–Kier alpha value is -3.08. The van der Waals surface area contributed by atoms with Crippen LogP contribution >= 0.6 is 0 Å². The van der Waals surface area contributed by atoms with Crippen molar-refractivity contribution < 1.29 is 13.9 Å². The van der Waals surface area contributed by atoms with E-state index in [1.807, 2.05) is 36.4 Å². The smallest absolute Gasteiger partial charge is 0.346 e. The van der Waals surface area contributed by atoms with E-state index in [0.717, 1.165) is 18.8 Å². The highest BCUT2D eigenvalue weighted by molar-refractivity contribution is 5.91. The Labute approximate surface area is 145 Å². The van der Waals surface area contributed by atoms with Crippen molar-refractivity contribution in [3.63, 3.8) is 0 Å². The maximum Gasteiger partial charge on any atom is 0.346 e. The Kier molecular flexibility index (Phi) is 4.84. The van der Waals surface area contributed by atoms with Crippen molar-refractivity contribution in [2.24, 2.45) is 0 Å². The van der Waals surface area contributed by atoms with Gasteiger partial charge in [-0.3, -0.25) is 4.79 Å². The monoisotopic (exact) mass is 337 g/mol. The average molecular weight is 337 g/mol. The zero-order chi connectivity index (χ0) is 17.8. The fourth-order valence-electron chi connectivity index (χ4n) is 2.74. The summed E-state index contributed by atoms with van der Waals surface area (Å²) in [7, 11) is 0. The second-order valence-corrected chi connectivity index (χ2v) is 5.55. The number of carbonyl (C=O) groups excluding carboxylic acids is 1. The summed E-state index contributed by atoms with van der Waals surface area (Å²) < 4.78 is 11.4. The maximum atomic E-state index is 11.9.